The molecule has 0 aliphatic carbocycles. The lowest BCUT2D eigenvalue weighted by Gasteiger charge is -2.33. The van der Waals surface area contributed by atoms with Crippen LogP contribution in [-0.4, -0.2) is 38.8 Å². The Morgan fingerprint density at radius 2 is 1.79 bits per heavy atom. The average molecular weight is 465 g/mol. The second-order valence-electron chi connectivity index (χ2n) is 7.32. The third kappa shape index (κ3) is 4.31. The molecule has 7 heteroatoms. The van der Waals surface area contributed by atoms with Gasteiger partial charge in [-0.25, -0.2) is 8.42 Å². The fourth-order valence-corrected chi connectivity index (χ4v) is 5.24. The van der Waals surface area contributed by atoms with Crippen LogP contribution in [0.15, 0.2) is 51.8 Å². The number of halogens is 1. The largest absolute Gasteiger partial charge is 0.315 e. The number of nitrogens with zero attached hydrogens (tertiary/aromatic N) is 2. The monoisotopic (exact) mass is 464 g/mol. The Morgan fingerprint density at radius 1 is 1.11 bits per heavy atom. The van der Waals surface area contributed by atoms with E-state index >= 15 is 0 Å². The summed E-state index contributed by atoms with van der Waals surface area (Å²) in [6.07, 6.45) is 1.37. The van der Waals surface area contributed by atoms with Gasteiger partial charge in [0.2, 0.25) is 15.9 Å². The first-order valence-corrected chi connectivity index (χ1v) is 11.5. The number of piperidine rings is 1. The number of carbonyl (C=O) groups excluding carboxylic acids is 1. The van der Waals surface area contributed by atoms with E-state index in [1.165, 1.54) is 9.87 Å². The van der Waals surface area contributed by atoms with E-state index in [4.69, 9.17) is 0 Å². The van der Waals surface area contributed by atoms with Crippen LogP contribution in [0.25, 0.3) is 0 Å². The number of anilines is 1. The number of rotatable bonds is 4. The summed E-state index contributed by atoms with van der Waals surface area (Å²) in [5.74, 6) is -0.385. The number of benzene rings is 2. The van der Waals surface area contributed by atoms with Gasteiger partial charge in [0.25, 0.3) is 0 Å². The molecule has 1 amide bonds. The molecule has 0 spiro atoms. The summed E-state index contributed by atoms with van der Waals surface area (Å²) in [6, 6.07) is 12.5. The van der Waals surface area contributed by atoms with Crippen molar-refractivity contribution in [3.05, 3.63) is 58.1 Å². The average Bonchev–Trinajstić information content (AvgIpc) is 2.69. The smallest absolute Gasteiger partial charge is 0.243 e. The van der Waals surface area contributed by atoms with Gasteiger partial charge in [0, 0.05) is 30.3 Å². The van der Waals surface area contributed by atoms with E-state index in [9.17, 15) is 13.2 Å². The standard InChI is InChI=1S/C21H25BrN2O3S/c1-15-6-9-19(13-16(15)2)23(3)21(25)17-5-4-12-24(14-17)28(26,27)20-10-7-18(22)8-11-20/h6-11,13,17H,4-5,12,14H2,1-3H3/t17-/m1/s1. The maximum absolute atomic E-state index is 13.0. The lowest BCUT2D eigenvalue weighted by molar-refractivity contribution is -0.123. The molecular formula is C21H25BrN2O3S. The Balaban J connectivity index is 1.77. The first kappa shape index (κ1) is 21.0. The van der Waals surface area contributed by atoms with Crippen molar-refractivity contribution in [2.75, 3.05) is 25.0 Å². The quantitative estimate of drug-likeness (QED) is 0.683. The summed E-state index contributed by atoms with van der Waals surface area (Å²) in [5, 5.41) is 0. The number of aryl methyl sites for hydroxylation is 2. The number of hydrogen-bond acceptors (Lipinski definition) is 3. The van der Waals surface area contributed by atoms with E-state index in [2.05, 4.69) is 15.9 Å². The summed E-state index contributed by atoms with van der Waals surface area (Å²) in [6.45, 7) is 4.71. The van der Waals surface area contributed by atoms with Crippen molar-refractivity contribution in [2.24, 2.45) is 5.92 Å². The summed E-state index contributed by atoms with van der Waals surface area (Å²) < 4.78 is 28.2. The van der Waals surface area contributed by atoms with Gasteiger partial charge in [0.05, 0.1) is 10.8 Å². The molecule has 1 heterocycles. The van der Waals surface area contributed by atoms with Gasteiger partial charge in [0.15, 0.2) is 0 Å². The Bertz CT molecular complexity index is 974. The highest BCUT2D eigenvalue weighted by Gasteiger charge is 2.34. The molecule has 0 saturated carbocycles. The summed E-state index contributed by atoms with van der Waals surface area (Å²) in [4.78, 5) is 14.9. The Kier molecular flexibility index (Phi) is 6.27. The van der Waals surface area contributed by atoms with Crippen molar-refractivity contribution in [3.8, 4) is 0 Å². The predicted molar refractivity (Wildman–Crippen MR) is 115 cm³/mol. The zero-order valence-electron chi connectivity index (χ0n) is 16.4. The Morgan fingerprint density at radius 3 is 2.43 bits per heavy atom. The number of hydrogen-bond donors (Lipinski definition) is 0. The van der Waals surface area contributed by atoms with Gasteiger partial charge in [-0.05, 0) is 74.2 Å². The molecule has 0 aromatic heterocycles. The molecule has 0 unspecified atom stereocenters. The highest BCUT2D eigenvalue weighted by Crippen LogP contribution is 2.27. The Hall–Kier alpha value is -1.70. The van der Waals surface area contributed by atoms with Crippen LogP contribution in [0.3, 0.4) is 0 Å². The maximum atomic E-state index is 13.0. The van der Waals surface area contributed by atoms with Crippen molar-refractivity contribution in [1.29, 1.82) is 0 Å². The van der Waals surface area contributed by atoms with Gasteiger partial charge in [0.1, 0.15) is 0 Å². The van der Waals surface area contributed by atoms with Crippen LogP contribution in [0, 0.1) is 19.8 Å². The zero-order chi connectivity index (χ0) is 20.5. The third-order valence-electron chi connectivity index (χ3n) is 5.39. The molecule has 1 fully saturated rings. The van der Waals surface area contributed by atoms with E-state index in [0.717, 1.165) is 15.7 Å². The minimum absolute atomic E-state index is 0.0426. The fraction of sp³-hybridized carbons (Fsp3) is 0.381. The van der Waals surface area contributed by atoms with Gasteiger partial charge in [-0.2, -0.15) is 4.31 Å². The van der Waals surface area contributed by atoms with Crippen LogP contribution in [0.5, 0.6) is 0 Å². The minimum Gasteiger partial charge on any atom is -0.315 e. The lowest BCUT2D eigenvalue weighted by atomic mass is 9.98. The second kappa shape index (κ2) is 8.35. The van der Waals surface area contributed by atoms with Crippen LogP contribution in [-0.2, 0) is 14.8 Å². The lowest BCUT2D eigenvalue weighted by Crippen LogP contribution is -2.45. The topological polar surface area (TPSA) is 57.7 Å². The van der Waals surface area contributed by atoms with Crippen molar-refractivity contribution in [1.82, 2.24) is 4.31 Å². The van der Waals surface area contributed by atoms with Crippen LogP contribution >= 0.6 is 15.9 Å². The van der Waals surface area contributed by atoms with E-state index in [0.29, 0.717) is 19.4 Å². The van der Waals surface area contributed by atoms with E-state index in [1.807, 2.05) is 32.0 Å². The van der Waals surface area contributed by atoms with Crippen molar-refractivity contribution >= 4 is 37.5 Å². The molecule has 1 aliphatic rings. The van der Waals surface area contributed by atoms with Crippen LogP contribution in [0.1, 0.15) is 24.0 Å². The van der Waals surface area contributed by atoms with Gasteiger partial charge >= 0.3 is 0 Å². The SMILES string of the molecule is Cc1ccc(N(C)C(=O)[C@@H]2CCCN(S(=O)(=O)c3ccc(Br)cc3)C2)cc1C. The van der Waals surface area contributed by atoms with Gasteiger partial charge < -0.3 is 4.90 Å². The summed E-state index contributed by atoms with van der Waals surface area (Å²) >= 11 is 3.33. The summed E-state index contributed by atoms with van der Waals surface area (Å²) in [5.41, 5.74) is 3.13. The molecule has 150 valence electrons. The summed E-state index contributed by atoms with van der Waals surface area (Å²) in [7, 11) is -1.85. The molecule has 2 aromatic carbocycles. The molecule has 0 bridgehead atoms. The molecule has 28 heavy (non-hydrogen) atoms. The Labute approximate surface area is 175 Å². The highest BCUT2D eigenvalue weighted by molar-refractivity contribution is 9.10. The van der Waals surface area contributed by atoms with Gasteiger partial charge in [-0.3, -0.25) is 4.79 Å². The molecule has 3 rings (SSSR count). The van der Waals surface area contributed by atoms with Gasteiger partial charge in [-0.1, -0.05) is 22.0 Å². The second-order valence-corrected chi connectivity index (χ2v) is 10.2. The molecule has 2 aromatic rings. The van der Waals surface area contributed by atoms with E-state index < -0.39 is 10.0 Å². The first-order chi connectivity index (χ1) is 13.2. The number of amides is 1. The molecule has 0 N–H and O–H groups in total. The van der Waals surface area contributed by atoms with Crippen molar-refractivity contribution in [3.63, 3.8) is 0 Å². The fourth-order valence-electron chi connectivity index (χ4n) is 3.45. The van der Waals surface area contributed by atoms with Crippen molar-refractivity contribution in [2.45, 2.75) is 31.6 Å². The van der Waals surface area contributed by atoms with Crippen LogP contribution in [0.2, 0.25) is 0 Å². The maximum Gasteiger partial charge on any atom is 0.243 e. The zero-order valence-corrected chi connectivity index (χ0v) is 18.8. The molecule has 0 radical (unpaired) electrons. The first-order valence-electron chi connectivity index (χ1n) is 9.30. The van der Waals surface area contributed by atoms with Crippen LogP contribution < -0.4 is 4.90 Å². The minimum atomic E-state index is -3.61. The van der Waals surface area contributed by atoms with Crippen LogP contribution in [0.4, 0.5) is 5.69 Å². The normalized spacial score (nSPS) is 18.1. The van der Waals surface area contributed by atoms with Gasteiger partial charge in [-0.15, -0.1) is 0 Å². The molecular weight excluding hydrogens is 440 g/mol. The predicted octanol–water partition coefficient (Wildman–Crippen LogP) is 4.13. The molecule has 1 aliphatic heterocycles. The third-order valence-corrected chi connectivity index (χ3v) is 7.80. The molecule has 5 nitrogen and oxygen atoms in total. The molecule has 1 saturated heterocycles. The van der Waals surface area contributed by atoms with Crippen molar-refractivity contribution < 1.29 is 13.2 Å². The van der Waals surface area contributed by atoms with E-state index in [1.54, 1.807) is 36.2 Å². The number of sulfonamides is 1. The molecule has 1 atom stereocenters. The van der Waals surface area contributed by atoms with E-state index in [-0.39, 0.29) is 23.3 Å². The number of carbonyl (C=O) groups is 1. The highest BCUT2D eigenvalue weighted by atomic mass is 79.9.